The molecular weight excluding hydrogens is 491 g/mol. The molecule has 3 aromatic rings. The second-order valence-corrected chi connectivity index (χ2v) is 9.54. The fraction of sp³-hybridized carbons (Fsp3) is 0.360. The van der Waals surface area contributed by atoms with Crippen LogP contribution in [-0.2, 0) is 11.3 Å². The Morgan fingerprint density at radius 3 is 2.46 bits per heavy atom. The van der Waals surface area contributed by atoms with Gasteiger partial charge in [-0.15, -0.1) is 0 Å². The maximum Gasteiger partial charge on any atom is 0.273 e. The van der Waals surface area contributed by atoms with Gasteiger partial charge in [0.05, 0.1) is 30.9 Å². The van der Waals surface area contributed by atoms with Crippen molar-refractivity contribution in [2.24, 2.45) is 5.41 Å². The van der Waals surface area contributed by atoms with Gasteiger partial charge in [-0.05, 0) is 29.7 Å². The third kappa shape index (κ3) is 6.07. The smallest absolute Gasteiger partial charge is 0.273 e. The molecular formula is C25H26F3N5O4. The summed E-state index contributed by atoms with van der Waals surface area (Å²) in [5.74, 6) is -4.77. The van der Waals surface area contributed by atoms with Crippen molar-refractivity contribution in [1.82, 2.24) is 20.4 Å². The number of benzene rings is 2. The number of hydrogen-bond acceptors (Lipinski definition) is 6. The van der Waals surface area contributed by atoms with Crippen LogP contribution < -0.4 is 10.6 Å². The Morgan fingerprint density at radius 2 is 1.86 bits per heavy atom. The van der Waals surface area contributed by atoms with Gasteiger partial charge in [-0.25, -0.2) is 13.2 Å². The van der Waals surface area contributed by atoms with Gasteiger partial charge in [0.15, 0.2) is 17.3 Å². The highest BCUT2D eigenvalue weighted by atomic mass is 19.2. The highest BCUT2D eigenvalue weighted by Crippen LogP contribution is 2.26. The van der Waals surface area contributed by atoms with Crippen LogP contribution in [0.1, 0.15) is 42.4 Å². The first-order chi connectivity index (χ1) is 17.4. The molecule has 2 atom stereocenters. The van der Waals surface area contributed by atoms with E-state index in [2.05, 4.69) is 15.7 Å². The van der Waals surface area contributed by atoms with E-state index in [4.69, 9.17) is 10.4 Å². The molecule has 12 heteroatoms. The number of nitriles is 1. The van der Waals surface area contributed by atoms with Crippen molar-refractivity contribution in [2.45, 2.75) is 39.5 Å². The Bertz CT molecular complexity index is 1380. The number of aromatic nitrogens is 2. The van der Waals surface area contributed by atoms with Crippen molar-refractivity contribution in [3.63, 3.8) is 0 Å². The van der Waals surface area contributed by atoms with E-state index < -0.39 is 53.4 Å². The summed E-state index contributed by atoms with van der Waals surface area (Å²) in [4.78, 5) is 26.0. The topological polar surface area (TPSA) is 140 Å². The molecule has 2 amide bonds. The molecule has 2 aromatic carbocycles. The third-order valence-electron chi connectivity index (χ3n) is 5.65. The van der Waals surface area contributed by atoms with Crippen molar-refractivity contribution >= 4 is 22.7 Å². The van der Waals surface area contributed by atoms with E-state index in [0.29, 0.717) is 0 Å². The second-order valence-electron chi connectivity index (χ2n) is 9.54. The number of aliphatic hydroxyl groups is 2. The number of hydrogen-bond donors (Lipinski definition) is 4. The first kappa shape index (κ1) is 27.6. The Morgan fingerprint density at radius 1 is 1.16 bits per heavy atom. The third-order valence-corrected chi connectivity index (χ3v) is 5.65. The lowest BCUT2D eigenvalue weighted by Gasteiger charge is -2.30. The van der Waals surface area contributed by atoms with Crippen molar-refractivity contribution in [3.05, 3.63) is 64.6 Å². The van der Waals surface area contributed by atoms with Gasteiger partial charge in [0, 0.05) is 17.5 Å². The van der Waals surface area contributed by atoms with Crippen LogP contribution in [0.15, 0.2) is 30.3 Å². The summed E-state index contributed by atoms with van der Waals surface area (Å²) in [6, 6.07) is 6.30. The number of carbonyl (C=O) groups is 2. The zero-order chi connectivity index (χ0) is 27.5. The lowest BCUT2D eigenvalue weighted by atomic mass is 9.86. The van der Waals surface area contributed by atoms with Crippen LogP contribution in [0.3, 0.4) is 0 Å². The number of carbonyl (C=O) groups excluding carboxylic acids is 2. The molecule has 196 valence electrons. The Labute approximate surface area is 210 Å². The zero-order valence-corrected chi connectivity index (χ0v) is 20.3. The molecule has 2 unspecified atom stereocenters. The van der Waals surface area contributed by atoms with Crippen LogP contribution in [0.4, 0.5) is 13.2 Å². The fourth-order valence-corrected chi connectivity index (χ4v) is 3.66. The van der Waals surface area contributed by atoms with Gasteiger partial charge in [0.2, 0.25) is 5.91 Å². The summed E-state index contributed by atoms with van der Waals surface area (Å²) in [6.07, 6.45) is -1.19. The molecule has 1 heterocycles. The highest BCUT2D eigenvalue weighted by molar-refractivity contribution is 6.06. The van der Waals surface area contributed by atoms with E-state index in [1.165, 1.54) is 12.1 Å². The number of halogens is 3. The largest absolute Gasteiger partial charge is 0.394 e. The number of nitrogens with one attached hydrogen (secondary N) is 2. The molecule has 0 bridgehead atoms. The van der Waals surface area contributed by atoms with Crippen LogP contribution in [0.2, 0.25) is 0 Å². The minimum absolute atomic E-state index is 0.0217. The standard InChI is InChI=1S/C25H26F3N5O4/c1-25(2,3)22(24(37)30-10-15(35)12-34)31-23(36)20-16-6-7-17(26)19(28)21(16)33(32-20)11-14-5-4-13(9-29)8-18(14)27/h4-8,15,22,34-35H,10-12H2,1-3H3,(H,30,37)(H,31,36). The van der Waals surface area contributed by atoms with Crippen LogP contribution in [0.25, 0.3) is 10.9 Å². The molecule has 0 aliphatic heterocycles. The van der Waals surface area contributed by atoms with E-state index in [-0.39, 0.29) is 40.8 Å². The maximum absolute atomic E-state index is 14.8. The van der Waals surface area contributed by atoms with Crippen LogP contribution in [0.5, 0.6) is 0 Å². The van der Waals surface area contributed by atoms with Crippen LogP contribution in [0, 0.1) is 34.2 Å². The van der Waals surface area contributed by atoms with Crippen molar-refractivity contribution < 1.29 is 33.0 Å². The SMILES string of the molecule is CC(C)(C)C(NC(=O)c1nn(Cc2ccc(C#N)cc2F)c2c(F)c(F)ccc12)C(=O)NCC(O)CO. The summed E-state index contributed by atoms with van der Waals surface area (Å²) < 4.78 is 44.4. The number of nitrogens with zero attached hydrogens (tertiary/aromatic N) is 3. The van der Waals surface area contributed by atoms with Gasteiger partial charge in [-0.2, -0.15) is 10.4 Å². The summed E-state index contributed by atoms with van der Waals surface area (Å²) in [5, 5.41) is 36.5. The molecule has 37 heavy (non-hydrogen) atoms. The highest BCUT2D eigenvalue weighted by Gasteiger charge is 2.34. The molecule has 0 aliphatic carbocycles. The molecule has 4 N–H and O–H groups in total. The first-order valence-corrected chi connectivity index (χ1v) is 11.3. The van der Waals surface area contributed by atoms with E-state index in [9.17, 15) is 27.9 Å². The van der Waals surface area contributed by atoms with Gasteiger partial charge in [0.1, 0.15) is 17.4 Å². The van der Waals surface area contributed by atoms with Gasteiger partial charge in [0.25, 0.3) is 5.91 Å². The fourth-order valence-electron chi connectivity index (χ4n) is 3.66. The second kappa shape index (κ2) is 11.0. The lowest BCUT2D eigenvalue weighted by molar-refractivity contribution is -0.125. The average molecular weight is 518 g/mol. The van der Waals surface area contributed by atoms with E-state index in [1.54, 1.807) is 26.8 Å². The minimum Gasteiger partial charge on any atom is -0.394 e. The van der Waals surface area contributed by atoms with Crippen molar-refractivity contribution in [3.8, 4) is 6.07 Å². The van der Waals surface area contributed by atoms with Crippen molar-refractivity contribution in [1.29, 1.82) is 5.26 Å². The Balaban J connectivity index is 2.00. The molecule has 0 saturated carbocycles. The van der Waals surface area contributed by atoms with Crippen molar-refractivity contribution in [2.75, 3.05) is 13.2 Å². The molecule has 0 aliphatic rings. The predicted molar refractivity (Wildman–Crippen MR) is 127 cm³/mol. The minimum atomic E-state index is -1.29. The number of aliphatic hydroxyl groups excluding tert-OH is 2. The summed E-state index contributed by atoms with van der Waals surface area (Å²) in [6.45, 7) is 3.84. The van der Waals surface area contributed by atoms with E-state index in [0.717, 1.165) is 22.9 Å². The molecule has 9 nitrogen and oxygen atoms in total. The lowest BCUT2D eigenvalue weighted by Crippen LogP contribution is -2.54. The van der Waals surface area contributed by atoms with Crippen LogP contribution in [-0.4, -0.2) is 57.1 Å². The molecule has 0 saturated heterocycles. The number of fused-ring (bicyclic) bond motifs is 1. The predicted octanol–water partition coefficient (Wildman–Crippen LogP) is 1.99. The van der Waals surface area contributed by atoms with E-state index >= 15 is 0 Å². The molecule has 3 rings (SSSR count). The monoisotopic (exact) mass is 517 g/mol. The molecule has 0 radical (unpaired) electrons. The maximum atomic E-state index is 14.8. The average Bonchev–Trinajstić information content (AvgIpc) is 3.22. The first-order valence-electron chi connectivity index (χ1n) is 11.3. The molecule has 1 aromatic heterocycles. The molecule has 0 spiro atoms. The van der Waals surface area contributed by atoms with Crippen LogP contribution >= 0.6 is 0 Å². The Hall–Kier alpha value is -3.95. The van der Waals surface area contributed by atoms with Gasteiger partial charge in [-0.3, -0.25) is 14.3 Å². The van der Waals surface area contributed by atoms with Gasteiger partial charge in [-0.1, -0.05) is 26.8 Å². The Kier molecular flexibility index (Phi) is 8.20. The molecule has 0 fully saturated rings. The van der Waals surface area contributed by atoms with Gasteiger partial charge >= 0.3 is 0 Å². The zero-order valence-electron chi connectivity index (χ0n) is 20.3. The summed E-state index contributed by atoms with van der Waals surface area (Å²) in [7, 11) is 0. The quantitative estimate of drug-likeness (QED) is 0.360. The van der Waals surface area contributed by atoms with Gasteiger partial charge < -0.3 is 20.8 Å². The number of rotatable bonds is 8. The normalized spacial score (nSPS) is 13.2. The number of amides is 2. The van der Waals surface area contributed by atoms with E-state index in [1.807, 2.05) is 0 Å². The summed E-state index contributed by atoms with van der Waals surface area (Å²) in [5.41, 5.74) is -1.42. The summed E-state index contributed by atoms with van der Waals surface area (Å²) >= 11 is 0.